The van der Waals surface area contributed by atoms with Gasteiger partial charge in [0, 0.05) is 12.8 Å². The average molecular weight is 513 g/mol. The highest BCUT2D eigenvalue weighted by Gasteiger charge is 2.16. The normalized spacial score (nSPS) is 12.1. The molecule has 5 nitrogen and oxygen atoms in total. The minimum absolute atomic E-state index is 0.0600. The molecular weight excluding hydrogens is 452 g/mol. The smallest absolute Gasteiger partial charge is 0.306 e. The first kappa shape index (κ1) is 34.9. The van der Waals surface area contributed by atoms with Crippen LogP contribution in [0.25, 0.3) is 0 Å². The first-order valence-electron chi connectivity index (χ1n) is 15.5. The third kappa shape index (κ3) is 26.0. The van der Waals surface area contributed by atoms with Crippen molar-refractivity contribution in [2.75, 3.05) is 13.2 Å². The fourth-order valence-corrected chi connectivity index (χ4v) is 4.44. The Hall–Kier alpha value is -1.10. The molecule has 0 radical (unpaired) electrons. The van der Waals surface area contributed by atoms with E-state index in [1.807, 2.05) is 0 Å². The van der Waals surface area contributed by atoms with Crippen LogP contribution >= 0.6 is 0 Å². The number of aliphatic hydroxyl groups excluding tert-OH is 1. The van der Waals surface area contributed by atoms with E-state index in [1.54, 1.807) is 0 Å². The summed E-state index contributed by atoms with van der Waals surface area (Å²) >= 11 is 0. The summed E-state index contributed by atoms with van der Waals surface area (Å²) in [4.78, 5) is 23.9. The number of carbonyl (C=O) groups is 2. The van der Waals surface area contributed by atoms with Crippen LogP contribution in [0.4, 0.5) is 0 Å². The molecule has 0 amide bonds. The predicted molar refractivity (Wildman–Crippen MR) is 150 cm³/mol. The number of hydrogen-bond donors (Lipinski definition) is 1. The Labute approximate surface area is 223 Å². The van der Waals surface area contributed by atoms with Gasteiger partial charge in [-0.2, -0.15) is 0 Å². The molecule has 214 valence electrons. The van der Waals surface area contributed by atoms with Crippen molar-refractivity contribution in [1.82, 2.24) is 0 Å². The molecule has 0 saturated heterocycles. The minimum atomic E-state index is -0.759. The Morgan fingerprint density at radius 2 is 1.03 bits per heavy atom. The fraction of sp³-hybridized carbons (Fsp3) is 0.935. The summed E-state index contributed by atoms with van der Waals surface area (Å²) in [6.45, 7) is 6.42. The summed E-state index contributed by atoms with van der Waals surface area (Å²) in [6.07, 6.45) is 24.5. The van der Waals surface area contributed by atoms with Gasteiger partial charge in [0.2, 0.25) is 0 Å². The summed E-state index contributed by atoms with van der Waals surface area (Å²) in [6, 6.07) is 0. The van der Waals surface area contributed by atoms with Crippen molar-refractivity contribution < 1.29 is 24.2 Å². The Balaban J connectivity index is 3.54. The van der Waals surface area contributed by atoms with E-state index in [4.69, 9.17) is 9.47 Å². The number of esters is 2. The molecule has 0 spiro atoms. The molecule has 36 heavy (non-hydrogen) atoms. The number of ether oxygens (including phenoxy) is 2. The number of aliphatic hydroxyl groups is 1. The van der Waals surface area contributed by atoms with Gasteiger partial charge in [0.25, 0.3) is 0 Å². The number of hydrogen-bond acceptors (Lipinski definition) is 5. The van der Waals surface area contributed by atoms with E-state index in [1.165, 1.54) is 89.9 Å². The van der Waals surface area contributed by atoms with Crippen LogP contribution < -0.4 is 0 Å². The predicted octanol–water partition coefficient (Wildman–Crippen LogP) is 8.69. The number of carbonyl (C=O) groups excluding carboxylic acids is 2. The largest absolute Gasteiger partial charge is 0.462 e. The highest BCUT2D eigenvalue weighted by Crippen LogP contribution is 2.15. The molecule has 0 aliphatic rings. The molecule has 1 N–H and O–H groups in total. The average Bonchev–Trinajstić information content (AvgIpc) is 2.85. The second-order valence-corrected chi connectivity index (χ2v) is 11.0. The molecule has 0 rings (SSSR count). The van der Waals surface area contributed by atoms with Gasteiger partial charge in [0.05, 0.1) is 6.61 Å². The molecule has 0 aliphatic carbocycles. The lowest BCUT2D eigenvalue weighted by Crippen LogP contribution is -2.28. The highest BCUT2D eigenvalue weighted by atomic mass is 16.6. The van der Waals surface area contributed by atoms with Gasteiger partial charge in [-0.05, 0) is 18.8 Å². The topological polar surface area (TPSA) is 72.8 Å². The molecule has 5 heteroatoms. The molecule has 0 aromatic carbocycles. The molecule has 1 atom stereocenters. The third-order valence-corrected chi connectivity index (χ3v) is 6.83. The van der Waals surface area contributed by atoms with Crippen molar-refractivity contribution in [3.8, 4) is 0 Å². The van der Waals surface area contributed by atoms with Crippen molar-refractivity contribution in [2.24, 2.45) is 5.92 Å². The molecular formula is C31H60O5. The lowest BCUT2D eigenvalue weighted by Gasteiger charge is -2.15. The monoisotopic (exact) mass is 512 g/mol. The Morgan fingerprint density at radius 3 is 1.47 bits per heavy atom. The molecule has 0 bridgehead atoms. The van der Waals surface area contributed by atoms with Crippen molar-refractivity contribution >= 4 is 11.9 Å². The Morgan fingerprint density at radius 1 is 0.611 bits per heavy atom. The van der Waals surface area contributed by atoms with E-state index in [-0.39, 0.29) is 25.2 Å². The Bertz CT molecular complexity index is 491. The quantitative estimate of drug-likeness (QED) is 0.0880. The molecule has 0 fully saturated rings. The summed E-state index contributed by atoms with van der Waals surface area (Å²) < 4.78 is 10.5. The van der Waals surface area contributed by atoms with E-state index in [9.17, 15) is 14.7 Å². The molecule has 0 saturated carbocycles. The Kier molecular flexibility index (Phi) is 26.1. The van der Waals surface area contributed by atoms with Crippen molar-refractivity contribution in [1.29, 1.82) is 0 Å². The molecule has 0 heterocycles. The van der Waals surface area contributed by atoms with Gasteiger partial charge in [0.1, 0.15) is 6.61 Å². The van der Waals surface area contributed by atoms with Crippen LogP contribution in [0.5, 0.6) is 0 Å². The van der Waals surface area contributed by atoms with Crippen molar-refractivity contribution in [3.05, 3.63) is 0 Å². The first-order chi connectivity index (χ1) is 17.5. The maximum absolute atomic E-state index is 12.0. The summed E-state index contributed by atoms with van der Waals surface area (Å²) in [5, 5.41) is 9.44. The van der Waals surface area contributed by atoms with E-state index < -0.39 is 6.10 Å². The standard InChI is InChI=1S/C31H60O5/c1-4-5-6-7-14-18-21-24-30(33)35-27-29(26-32)36-31(34)25-22-19-16-13-11-9-8-10-12-15-17-20-23-28(2)3/h28-29,32H,4-27H2,1-3H3/t29-/m0/s1. The van der Waals surface area contributed by atoms with Crippen LogP contribution in [0.3, 0.4) is 0 Å². The van der Waals surface area contributed by atoms with Gasteiger partial charge in [0.15, 0.2) is 6.10 Å². The van der Waals surface area contributed by atoms with E-state index in [0.29, 0.717) is 12.8 Å². The van der Waals surface area contributed by atoms with Gasteiger partial charge in [-0.3, -0.25) is 9.59 Å². The molecule has 0 aliphatic heterocycles. The summed E-state index contributed by atoms with van der Waals surface area (Å²) in [5.41, 5.74) is 0. The second-order valence-electron chi connectivity index (χ2n) is 11.0. The van der Waals surface area contributed by atoms with Crippen LogP contribution in [0, 0.1) is 5.92 Å². The minimum Gasteiger partial charge on any atom is -0.462 e. The first-order valence-corrected chi connectivity index (χ1v) is 15.5. The fourth-order valence-electron chi connectivity index (χ4n) is 4.44. The molecule has 0 aromatic heterocycles. The summed E-state index contributed by atoms with van der Waals surface area (Å²) in [7, 11) is 0. The van der Waals surface area contributed by atoms with E-state index in [2.05, 4.69) is 20.8 Å². The van der Waals surface area contributed by atoms with Crippen LogP contribution in [0.1, 0.15) is 162 Å². The second kappa shape index (κ2) is 26.9. The van der Waals surface area contributed by atoms with Gasteiger partial charge >= 0.3 is 11.9 Å². The van der Waals surface area contributed by atoms with Crippen LogP contribution in [0.15, 0.2) is 0 Å². The number of unbranched alkanes of at least 4 members (excludes halogenated alkanes) is 17. The third-order valence-electron chi connectivity index (χ3n) is 6.83. The van der Waals surface area contributed by atoms with Crippen LogP contribution in [-0.4, -0.2) is 36.4 Å². The van der Waals surface area contributed by atoms with E-state index in [0.717, 1.165) is 44.4 Å². The summed E-state index contributed by atoms with van der Waals surface area (Å²) in [5.74, 6) is 0.249. The van der Waals surface area contributed by atoms with Crippen LogP contribution in [-0.2, 0) is 19.1 Å². The zero-order chi connectivity index (χ0) is 26.7. The van der Waals surface area contributed by atoms with E-state index >= 15 is 0 Å². The van der Waals surface area contributed by atoms with Crippen molar-refractivity contribution in [3.63, 3.8) is 0 Å². The maximum atomic E-state index is 12.0. The van der Waals surface area contributed by atoms with Gasteiger partial charge in [-0.25, -0.2) is 0 Å². The SMILES string of the molecule is CCCCCCCCCC(=O)OC[C@H](CO)OC(=O)CCCCCCCCCCCCCCC(C)C. The zero-order valence-corrected chi connectivity index (χ0v) is 24.2. The number of rotatable bonds is 27. The van der Waals surface area contributed by atoms with Gasteiger partial charge < -0.3 is 14.6 Å². The van der Waals surface area contributed by atoms with Crippen LogP contribution in [0.2, 0.25) is 0 Å². The van der Waals surface area contributed by atoms with Gasteiger partial charge in [-0.15, -0.1) is 0 Å². The lowest BCUT2D eigenvalue weighted by atomic mass is 10.0. The van der Waals surface area contributed by atoms with Gasteiger partial charge in [-0.1, -0.05) is 136 Å². The molecule has 0 unspecified atom stereocenters. The van der Waals surface area contributed by atoms with Crippen molar-refractivity contribution in [2.45, 2.75) is 168 Å². The highest BCUT2D eigenvalue weighted by molar-refractivity contribution is 5.70. The molecule has 0 aromatic rings. The maximum Gasteiger partial charge on any atom is 0.306 e. The zero-order valence-electron chi connectivity index (χ0n) is 24.2. The lowest BCUT2D eigenvalue weighted by molar-refractivity contribution is -0.161.